The van der Waals surface area contributed by atoms with Gasteiger partial charge in [-0.2, -0.15) is 0 Å². The number of carbonyl (C=O) groups is 1. The van der Waals surface area contributed by atoms with Crippen LogP contribution in [0.3, 0.4) is 0 Å². The maximum absolute atomic E-state index is 12.0. The van der Waals surface area contributed by atoms with Crippen molar-refractivity contribution < 1.29 is 9.53 Å². The number of nitrogens with zero attached hydrogens (tertiary/aromatic N) is 1. The SMILES string of the molecule is O=C(CSCc1cccc(Cl)c1)NCc1ccc(CN2CCOCC2)cc1. The van der Waals surface area contributed by atoms with Gasteiger partial charge in [0.1, 0.15) is 0 Å². The van der Waals surface area contributed by atoms with Crippen LogP contribution in [0.5, 0.6) is 0 Å². The van der Waals surface area contributed by atoms with Gasteiger partial charge in [0.15, 0.2) is 0 Å². The van der Waals surface area contributed by atoms with E-state index in [1.54, 1.807) is 11.8 Å². The summed E-state index contributed by atoms with van der Waals surface area (Å²) < 4.78 is 5.38. The molecule has 0 saturated carbocycles. The molecule has 1 fully saturated rings. The normalized spacial score (nSPS) is 14.9. The Morgan fingerprint density at radius 2 is 1.81 bits per heavy atom. The molecule has 2 aromatic rings. The zero-order valence-corrected chi connectivity index (χ0v) is 16.9. The molecule has 0 atom stereocenters. The average molecular weight is 405 g/mol. The molecule has 27 heavy (non-hydrogen) atoms. The Balaban J connectivity index is 1.35. The predicted octanol–water partition coefficient (Wildman–Crippen LogP) is 3.72. The lowest BCUT2D eigenvalue weighted by atomic mass is 10.1. The maximum atomic E-state index is 12.0. The Kier molecular flexibility index (Phi) is 8.02. The number of benzene rings is 2. The highest BCUT2D eigenvalue weighted by molar-refractivity contribution is 7.99. The minimum Gasteiger partial charge on any atom is -0.379 e. The number of nitrogens with one attached hydrogen (secondary N) is 1. The first kappa shape index (κ1) is 20.2. The molecule has 0 bridgehead atoms. The first-order valence-electron chi connectivity index (χ1n) is 9.16. The molecule has 1 amide bonds. The lowest BCUT2D eigenvalue weighted by Crippen LogP contribution is -2.35. The first-order chi connectivity index (χ1) is 13.2. The van der Waals surface area contributed by atoms with Gasteiger partial charge in [0.2, 0.25) is 5.91 Å². The molecule has 1 aliphatic rings. The van der Waals surface area contributed by atoms with Gasteiger partial charge in [-0.15, -0.1) is 11.8 Å². The summed E-state index contributed by atoms with van der Waals surface area (Å²) in [5, 5.41) is 3.72. The van der Waals surface area contributed by atoms with Crippen LogP contribution in [0.1, 0.15) is 16.7 Å². The molecular formula is C21H25ClN2O2S. The van der Waals surface area contributed by atoms with E-state index in [2.05, 4.69) is 34.5 Å². The van der Waals surface area contributed by atoms with Gasteiger partial charge in [-0.25, -0.2) is 0 Å². The monoisotopic (exact) mass is 404 g/mol. The summed E-state index contributed by atoms with van der Waals surface area (Å²) in [6.07, 6.45) is 0. The predicted molar refractivity (Wildman–Crippen MR) is 112 cm³/mol. The fraction of sp³-hybridized carbons (Fsp3) is 0.381. The molecule has 0 aliphatic carbocycles. The quantitative estimate of drug-likeness (QED) is 0.728. The molecule has 1 heterocycles. The second kappa shape index (κ2) is 10.7. The zero-order valence-electron chi connectivity index (χ0n) is 15.3. The number of carbonyl (C=O) groups excluding carboxylic acids is 1. The fourth-order valence-electron chi connectivity index (χ4n) is 2.92. The van der Waals surface area contributed by atoms with Gasteiger partial charge >= 0.3 is 0 Å². The Labute approximate surface area is 170 Å². The van der Waals surface area contributed by atoms with Crippen molar-refractivity contribution in [1.82, 2.24) is 10.2 Å². The third kappa shape index (κ3) is 7.18. The summed E-state index contributed by atoms with van der Waals surface area (Å²) in [6.45, 7) is 5.14. The van der Waals surface area contributed by atoms with Crippen molar-refractivity contribution in [1.29, 1.82) is 0 Å². The topological polar surface area (TPSA) is 41.6 Å². The Morgan fingerprint density at radius 1 is 1.07 bits per heavy atom. The zero-order chi connectivity index (χ0) is 18.9. The Bertz CT molecular complexity index is 733. The minimum absolute atomic E-state index is 0.0550. The maximum Gasteiger partial charge on any atom is 0.230 e. The average Bonchev–Trinajstić information content (AvgIpc) is 2.68. The second-order valence-corrected chi connectivity index (χ2v) is 8.03. The molecule has 1 N–H and O–H groups in total. The van der Waals surface area contributed by atoms with Crippen LogP contribution < -0.4 is 5.32 Å². The van der Waals surface area contributed by atoms with E-state index in [-0.39, 0.29) is 5.91 Å². The van der Waals surface area contributed by atoms with Crippen LogP contribution >= 0.6 is 23.4 Å². The lowest BCUT2D eigenvalue weighted by molar-refractivity contribution is -0.118. The molecule has 3 rings (SSSR count). The van der Waals surface area contributed by atoms with E-state index in [1.807, 2.05) is 24.3 Å². The molecule has 0 aromatic heterocycles. The molecule has 0 spiro atoms. The molecule has 6 heteroatoms. The number of rotatable bonds is 8. The van der Waals surface area contributed by atoms with Gasteiger partial charge in [-0.05, 0) is 28.8 Å². The van der Waals surface area contributed by atoms with Crippen LogP contribution in [0, 0.1) is 0 Å². The highest BCUT2D eigenvalue weighted by Gasteiger charge is 2.10. The van der Waals surface area contributed by atoms with E-state index in [1.165, 1.54) is 5.56 Å². The van der Waals surface area contributed by atoms with Crippen LogP contribution in [0.25, 0.3) is 0 Å². The summed E-state index contributed by atoms with van der Waals surface area (Å²) in [7, 11) is 0. The summed E-state index contributed by atoms with van der Waals surface area (Å²) in [5.74, 6) is 1.28. The highest BCUT2D eigenvalue weighted by atomic mass is 35.5. The van der Waals surface area contributed by atoms with E-state index in [0.29, 0.717) is 12.3 Å². The van der Waals surface area contributed by atoms with Crippen molar-refractivity contribution in [2.75, 3.05) is 32.1 Å². The van der Waals surface area contributed by atoms with Crippen LogP contribution in [0.15, 0.2) is 48.5 Å². The standard InChI is InChI=1S/C21H25ClN2O2S/c22-20-3-1-2-19(12-20)15-27-16-21(25)23-13-17-4-6-18(7-5-17)14-24-8-10-26-11-9-24/h1-7,12H,8-11,13-16H2,(H,23,25). The molecule has 1 aliphatic heterocycles. The minimum atomic E-state index is 0.0550. The second-order valence-electron chi connectivity index (χ2n) is 6.60. The van der Waals surface area contributed by atoms with Crippen LogP contribution in [-0.4, -0.2) is 42.9 Å². The Hall–Kier alpha value is -1.53. The van der Waals surface area contributed by atoms with E-state index < -0.39 is 0 Å². The van der Waals surface area contributed by atoms with Crippen LogP contribution in [0.4, 0.5) is 0 Å². The number of thioether (sulfide) groups is 1. The van der Waals surface area contributed by atoms with Gasteiger partial charge in [0, 0.05) is 37.0 Å². The molecule has 4 nitrogen and oxygen atoms in total. The summed E-state index contributed by atoms with van der Waals surface area (Å²) >= 11 is 7.57. The highest BCUT2D eigenvalue weighted by Crippen LogP contribution is 2.16. The number of hydrogen-bond donors (Lipinski definition) is 1. The van der Waals surface area contributed by atoms with Crippen molar-refractivity contribution in [3.05, 3.63) is 70.2 Å². The smallest absolute Gasteiger partial charge is 0.230 e. The molecule has 0 radical (unpaired) electrons. The van der Waals surface area contributed by atoms with Crippen molar-refractivity contribution in [2.24, 2.45) is 0 Å². The number of ether oxygens (including phenoxy) is 1. The first-order valence-corrected chi connectivity index (χ1v) is 10.7. The molecule has 2 aromatic carbocycles. The van der Waals surface area contributed by atoms with Gasteiger partial charge in [-0.1, -0.05) is 48.0 Å². The number of hydrogen-bond acceptors (Lipinski definition) is 4. The van der Waals surface area contributed by atoms with Crippen LogP contribution in [-0.2, 0) is 28.4 Å². The van der Waals surface area contributed by atoms with Gasteiger partial charge in [0.25, 0.3) is 0 Å². The number of morpholine rings is 1. The van der Waals surface area contributed by atoms with Crippen molar-refractivity contribution >= 4 is 29.3 Å². The summed E-state index contributed by atoms with van der Waals surface area (Å²) in [4.78, 5) is 14.4. The van der Waals surface area contributed by atoms with Crippen molar-refractivity contribution in [2.45, 2.75) is 18.8 Å². The van der Waals surface area contributed by atoms with Gasteiger partial charge < -0.3 is 10.1 Å². The third-order valence-corrected chi connectivity index (χ3v) is 5.65. The van der Waals surface area contributed by atoms with Crippen LogP contribution in [0.2, 0.25) is 5.02 Å². The summed E-state index contributed by atoms with van der Waals surface area (Å²) in [5.41, 5.74) is 3.55. The molecular weight excluding hydrogens is 380 g/mol. The fourth-order valence-corrected chi connectivity index (χ4v) is 3.94. The largest absolute Gasteiger partial charge is 0.379 e. The summed E-state index contributed by atoms with van der Waals surface area (Å²) in [6, 6.07) is 16.2. The van der Waals surface area contributed by atoms with Crippen molar-refractivity contribution in [3.8, 4) is 0 Å². The Morgan fingerprint density at radius 3 is 2.56 bits per heavy atom. The number of amides is 1. The third-order valence-electron chi connectivity index (χ3n) is 4.41. The van der Waals surface area contributed by atoms with E-state index >= 15 is 0 Å². The van der Waals surface area contributed by atoms with Gasteiger partial charge in [-0.3, -0.25) is 9.69 Å². The van der Waals surface area contributed by atoms with E-state index in [0.717, 1.165) is 54.8 Å². The molecule has 1 saturated heterocycles. The lowest BCUT2D eigenvalue weighted by Gasteiger charge is -2.26. The molecule has 0 unspecified atom stereocenters. The van der Waals surface area contributed by atoms with E-state index in [4.69, 9.17) is 16.3 Å². The van der Waals surface area contributed by atoms with E-state index in [9.17, 15) is 4.79 Å². The molecule has 144 valence electrons. The van der Waals surface area contributed by atoms with Gasteiger partial charge in [0.05, 0.1) is 19.0 Å². The van der Waals surface area contributed by atoms with Crippen molar-refractivity contribution in [3.63, 3.8) is 0 Å². The number of halogens is 1.